The quantitative estimate of drug-likeness (QED) is 0.584. The molecule has 0 fully saturated rings. The maximum atomic E-state index is 13.1. The summed E-state index contributed by atoms with van der Waals surface area (Å²) in [7, 11) is 0. The van der Waals surface area contributed by atoms with E-state index in [1.54, 1.807) is 23.5 Å². The second-order valence-electron chi connectivity index (χ2n) is 4.10. The number of benzene rings is 1. The highest BCUT2D eigenvalue weighted by molar-refractivity contribution is 9.11. The second kappa shape index (κ2) is 5.15. The van der Waals surface area contributed by atoms with E-state index in [1.165, 1.54) is 23.5 Å². The Balaban J connectivity index is 1.89. The highest BCUT2D eigenvalue weighted by Crippen LogP contribution is 2.29. The number of hydrogen-bond donors (Lipinski definition) is 0. The zero-order chi connectivity index (χ0) is 13.4. The molecule has 0 aliphatic heterocycles. The lowest BCUT2D eigenvalue weighted by Gasteiger charge is -1.93. The number of fused-ring (bicyclic) bond motifs is 1. The van der Waals surface area contributed by atoms with E-state index >= 15 is 0 Å². The van der Waals surface area contributed by atoms with Crippen molar-refractivity contribution in [2.24, 2.45) is 0 Å². The zero-order valence-electron chi connectivity index (χ0n) is 9.65. The van der Waals surface area contributed by atoms with Crippen LogP contribution in [0.5, 0.6) is 0 Å². The molecule has 3 aromatic rings. The Morgan fingerprint density at radius 2 is 2.00 bits per heavy atom. The summed E-state index contributed by atoms with van der Waals surface area (Å²) in [5.41, 5.74) is 0. The molecule has 0 spiro atoms. The molecule has 1 aromatic carbocycles. The topological polar surface area (TPSA) is 17.1 Å². The number of halogens is 2. The van der Waals surface area contributed by atoms with E-state index in [1.807, 2.05) is 12.1 Å². The van der Waals surface area contributed by atoms with Crippen molar-refractivity contribution < 1.29 is 9.18 Å². The molecule has 19 heavy (non-hydrogen) atoms. The van der Waals surface area contributed by atoms with Gasteiger partial charge >= 0.3 is 0 Å². The van der Waals surface area contributed by atoms with E-state index in [-0.39, 0.29) is 11.6 Å². The predicted octanol–water partition coefficient (Wildman–Crippen LogP) is 5.29. The van der Waals surface area contributed by atoms with Gasteiger partial charge in [-0.2, -0.15) is 0 Å². The molecule has 5 heteroatoms. The van der Waals surface area contributed by atoms with Gasteiger partial charge in [-0.3, -0.25) is 4.79 Å². The Hall–Kier alpha value is -1.04. The molecule has 2 aromatic heterocycles. The van der Waals surface area contributed by atoms with E-state index in [2.05, 4.69) is 15.9 Å². The molecule has 0 N–H and O–H groups in total. The zero-order valence-corrected chi connectivity index (χ0v) is 12.9. The summed E-state index contributed by atoms with van der Waals surface area (Å²) < 4.78 is 15.1. The molecule has 0 unspecified atom stereocenters. The van der Waals surface area contributed by atoms with E-state index < -0.39 is 0 Å². The third-order valence-electron chi connectivity index (χ3n) is 2.72. The van der Waals surface area contributed by atoms with Crippen molar-refractivity contribution in [1.29, 1.82) is 0 Å². The van der Waals surface area contributed by atoms with Crippen LogP contribution in [0.4, 0.5) is 4.39 Å². The minimum atomic E-state index is -0.272. The Bertz CT molecular complexity index is 760. The minimum absolute atomic E-state index is 0.0796. The maximum Gasteiger partial charge on any atom is 0.178 e. The molecule has 96 valence electrons. The highest BCUT2D eigenvalue weighted by Gasteiger charge is 2.12. The van der Waals surface area contributed by atoms with Gasteiger partial charge in [-0.1, -0.05) is 0 Å². The van der Waals surface area contributed by atoms with E-state index in [0.29, 0.717) is 11.3 Å². The third kappa shape index (κ3) is 2.78. The van der Waals surface area contributed by atoms with Gasteiger partial charge in [-0.05, 0) is 57.7 Å². The first-order valence-electron chi connectivity index (χ1n) is 5.58. The number of carbonyl (C=O) groups is 1. The molecule has 0 amide bonds. The summed E-state index contributed by atoms with van der Waals surface area (Å²) in [4.78, 5) is 13.9. The Kier molecular flexibility index (Phi) is 3.52. The van der Waals surface area contributed by atoms with Crippen LogP contribution in [0, 0.1) is 5.82 Å². The van der Waals surface area contributed by atoms with Crippen LogP contribution in [0.1, 0.15) is 14.5 Å². The van der Waals surface area contributed by atoms with Crippen molar-refractivity contribution in [1.82, 2.24) is 0 Å². The minimum Gasteiger partial charge on any atom is -0.293 e. The van der Waals surface area contributed by atoms with Gasteiger partial charge in [0.2, 0.25) is 0 Å². The summed E-state index contributed by atoms with van der Waals surface area (Å²) in [6, 6.07) is 10.3. The van der Waals surface area contributed by atoms with E-state index in [4.69, 9.17) is 0 Å². The summed E-state index contributed by atoms with van der Waals surface area (Å²) in [5, 5.41) is 0.792. The van der Waals surface area contributed by atoms with Crippen molar-refractivity contribution in [3.63, 3.8) is 0 Å². The molecular weight excluding hydrogens is 347 g/mol. The van der Waals surface area contributed by atoms with Gasteiger partial charge in [0.15, 0.2) is 5.78 Å². The van der Waals surface area contributed by atoms with Crippen molar-refractivity contribution >= 4 is 54.5 Å². The van der Waals surface area contributed by atoms with Gasteiger partial charge in [-0.15, -0.1) is 22.7 Å². The van der Waals surface area contributed by atoms with Gasteiger partial charge in [0.05, 0.1) is 8.66 Å². The lowest BCUT2D eigenvalue weighted by atomic mass is 10.2. The van der Waals surface area contributed by atoms with Gasteiger partial charge in [0.25, 0.3) is 0 Å². The normalized spacial score (nSPS) is 11.1. The molecule has 3 rings (SSSR count). The summed E-state index contributed by atoms with van der Waals surface area (Å²) in [5.74, 6) is -0.192. The van der Waals surface area contributed by atoms with Gasteiger partial charge in [0.1, 0.15) is 5.82 Å². The third-order valence-corrected chi connectivity index (χ3v) is 5.50. The fourth-order valence-corrected chi connectivity index (χ4v) is 4.31. The molecule has 0 aliphatic carbocycles. The van der Waals surface area contributed by atoms with Crippen molar-refractivity contribution in [2.45, 2.75) is 6.42 Å². The Morgan fingerprint density at radius 3 is 2.74 bits per heavy atom. The van der Waals surface area contributed by atoms with Crippen LogP contribution >= 0.6 is 38.6 Å². The number of thiophene rings is 2. The number of hydrogen-bond acceptors (Lipinski definition) is 3. The summed E-state index contributed by atoms with van der Waals surface area (Å²) >= 11 is 6.36. The van der Waals surface area contributed by atoms with E-state index in [9.17, 15) is 9.18 Å². The Labute approximate surface area is 125 Å². The van der Waals surface area contributed by atoms with Crippen LogP contribution in [0.15, 0.2) is 40.2 Å². The van der Waals surface area contributed by atoms with E-state index in [0.717, 1.165) is 18.7 Å². The van der Waals surface area contributed by atoms with Crippen LogP contribution in [0.3, 0.4) is 0 Å². The molecule has 0 atom stereocenters. The number of rotatable bonds is 3. The molecular formula is C14H8BrFOS2. The molecule has 0 saturated carbocycles. The summed E-state index contributed by atoms with van der Waals surface area (Å²) in [6.45, 7) is 0. The van der Waals surface area contributed by atoms with Crippen molar-refractivity contribution in [2.75, 3.05) is 0 Å². The number of carbonyl (C=O) groups excluding carboxylic acids is 1. The Morgan fingerprint density at radius 1 is 1.16 bits per heavy atom. The summed E-state index contributed by atoms with van der Waals surface area (Å²) in [6.07, 6.45) is 0.394. The average molecular weight is 355 g/mol. The average Bonchev–Trinajstić information content (AvgIpc) is 2.95. The molecule has 0 bridgehead atoms. The number of Topliss-reactive ketones (excluding diaryl/α,β-unsaturated/α-hetero) is 1. The van der Waals surface area contributed by atoms with Crippen LogP contribution in [0.2, 0.25) is 0 Å². The lowest BCUT2D eigenvalue weighted by molar-refractivity contribution is 0.0997. The predicted molar refractivity (Wildman–Crippen MR) is 81.8 cm³/mol. The molecule has 0 radical (unpaired) electrons. The van der Waals surface area contributed by atoms with Crippen LogP contribution in [-0.4, -0.2) is 5.78 Å². The van der Waals surface area contributed by atoms with Crippen molar-refractivity contribution in [3.8, 4) is 0 Å². The highest BCUT2D eigenvalue weighted by atomic mass is 79.9. The van der Waals surface area contributed by atoms with Crippen molar-refractivity contribution in [3.05, 3.63) is 55.8 Å². The first kappa shape index (κ1) is 13.0. The second-order valence-corrected chi connectivity index (χ2v) is 7.73. The standard InChI is InChI=1S/C14H8BrFOS2/c15-14-4-2-10(18-14)7-11(17)13-6-8-5-9(16)1-3-12(8)19-13/h1-6H,7H2. The maximum absolute atomic E-state index is 13.1. The first-order valence-corrected chi connectivity index (χ1v) is 8.01. The molecule has 2 heterocycles. The first-order chi connectivity index (χ1) is 9.11. The fourth-order valence-electron chi connectivity index (χ4n) is 1.84. The monoisotopic (exact) mass is 354 g/mol. The SMILES string of the molecule is O=C(Cc1ccc(Br)s1)c1cc2cc(F)ccc2s1. The molecule has 0 aliphatic rings. The smallest absolute Gasteiger partial charge is 0.178 e. The lowest BCUT2D eigenvalue weighted by Crippen LogP contribution is -1.98. The number of ketones is 1. The van der Waals surface area contributed by atoms with Crippen LogP contribution in [-0.2, 0) is 6.42 Å². The van der Waals surface area contributed by atoms with Gasteiger partial charge < -0.3 is 0 Å². The molecule has 0 saturated heterocycles. The molecule has 1 nitrogen and oxygen atoms in total. The fraction of sp³-hybridized carbons (Fsp3) is 0.0714. The van der Waals surface area contributed by atoms with Crippen LogP contribution < -0.4 is 0 Å². The van der Waals surface area contributed by atoms with Gasteiger partial charge in [0, 0.05) is 16.0 Å². The largest absolute Gasteiger partial charge is 0.293 e. The van der Waals surface area contributed by atoms with Gasteiger partial charge in [-0.25, -0.2) is 4.39 Å². The van der Waals surface area contributed by atoms with Crippen LogP contribution in [0.25, 0.3) is 10.1 Å².